The van der Waals surface area contributed by atoms with Crippen LogP contribution in [0.3, 0.4) is 0 Å². The van der Waals surface area contributed by atoms with Crippen LogP contribution < -0.4 is 4.90 Å². The Hall–Kier alpha value is -3.29. The third-order valence-corrected chi connectivity index (χ3v) is 6.13. The van der Waals surface area contributed by atoms with E-state index in [0.717, 1.165) is 21.3 Å². The Bertz CT molecular complexity index is 1350. The summed E-state index contributed by atoms with van der Waals surface area (Å²) in [6.45, 7) is 0.473. The number of halogens is 1. The number of anilines is 1. The molecule has 2 aromatic heterocycles. The topological polar surface area (TPSA) is 63.9 Å². The molecule has 0 bridgehead atoms. The van der Waals surface area contributed by atoms with Gasteiger partial charge in [0.2, 0.25) is 0 Å². The SMILES string of the molecule is O=C(Cn1nnc2ccccc21)N(Cc1ccccc1)c1nc2c(Cl)cccc2s1. The van der Waals surface area contributed by atoms with E-state index in [1.165, 1.54) is 11.3 Å². The third kappa shape index (κ3) is 3.53. The van der Waals surface area contributed by atoms with Gasteiger partial charge in [0.05, 0.1) is 21.8 Å². The van der Waals surface area contributed by atoms with Crippen LogP contribution in [-0.4, -0.2) is 25.9 Å². The quantitative estimate of drug-likeness (QED) is 0.394. The van der Waals surface area contributed by atoms with E-state index in [1.807, 2.05) is 66.7 Å². The lowest BCUT2D eigenvalue weighted by molar-refractivity contribution is -0.119. The first-order valence-corrected chi connectivity index (χ1v) is 10.6. The van der Waals surface area contributed by atoms with Gasteiger partial charge in [-0.25, -0.2) is 9.67 Å². The second-order valence-corrected chi connectivity index (χ2v) is 8.20. The van der Waals surface area contributed by atoms with E-state index in [-0.39, 0.29) is 12.5 Å². The highest BCUT2D eigenvalue weighted by molar-refractivity contribution is 7.22. The average Bonchev–Trinajstić information content (AvgIpc) is 3.38. The van der Waals surface area contributed by atoms with Gasteiger partial charge >= 0.3 is 0 Å². The van der Waals surface area contributed by atoms with Gasteiger partial charge < -0.3 is 0 Å². The molecular formula is C22H16ClN5OS. The number of thiazole rings is 1. The molecule has 0 aliphatic rings. The molecule has 0 fully saturated rings. The number of nitrogens with zero attached hydrogens (tertiary/aromatic N) is 5. The Labute approximate surface area is 181 Å². The van der Waals surface area contributed by atoms with Crippen molar-refractivity contribution in [1.29, 1.82) is 0 Å². The van der Waals surface area contributed by atoms with Gasteiger partial charge in [0, 0.05) is 0 Å². The van der Waals surface area contributed by atoms with Gasteiger partial charge in [0.15, 0.2) is 5.13 Å². The zero-order valence-electron chi connectivity index (χ0n) is 15.8. The van der Waals surface area contributed by atoms with Gasteiger partial charge in [-0.2, -0.15) is 0 Å². The van der Waals surface area contributed by atoms with Crippen LogP contribution in [0.2, 0.25) is 5.02 Å². The first-order valence-electron chi connectivity index (χ1n) is 9.36. The van der Waals surface area contributed by atoms with Crippen molar-refractivity contribution in [3.8, 4) is 0 Å². The molecule has 0 aliphatic carbocycles. The van der Waals surface area contributed by atoms with Crippen molar-refractivity contribution in [3.05, 3.63) is 83.4 Å². The summed E-state index contributed by atoms with van der Waals surface area (Å²) in [5.41, 5.74) is 3.29. The predicted octanol–water partition coefficient (Wildman–Crippen LogP) is 4.93. The minimum atomic E-state index is -0.121. The number of hydrogen-bond acceptors (Lipinski definition) is 5. The van der Waals surface area contributed by atoms with Crippen molar-refractivity contribution in [1.82, 2.24) is 20.0 Å². The number of fused-ring (bicyclic) bond motifs is 2. The summed E-state index contributed by atoms with van der Waals surface area (Å²) >= 11 is 7.76. The monoisotopic (exact) mass is 433 g/mol. The smallest absolute Gasteiger partial charge is 0.250 e. The van der Waals surface area contributed by atoms with Crippen LogP contribution in [0.5, 0.6) is 0 Å². The van der Waals surface area contributed by atoms with E-state index in [1.54, 1.807) is 15.6 Å². The molecule has 1 amide bonds. The highest BCUT2D eigenvalue weighted by atomic mass is 35.5. The molecule has 0 spiro atoms. The average molecular weight is 434 g/mol. The van der Waals surface area contributed by atoms with E-state index in [9.17, 15) is 4.79 Å². The first kappa shape index (κ1) is 18.7. The number of carbonyl (C=O) groups is 1. The van der Waals surface area contributed by atoms with E-state index in [2.05, 4.69) is 15.3 Å². The van der Waals surface area contributed by atoms with Crippen LogP contribution in [0.1, 0.15) is 5.56 Å². The van der Waals surface area contributed by atoms with Crippen LogP contribution in [0.25, 0.3) is 21.3 Å². The lowest BCUT2D eigenvalue weighted by Gasteiger charge is -2.20. The van der Waals surface area contributed by atoms with Gasteiger partial charge in [0.1, 0.15) is 17.6 Å². The van der Waals surface area contributed by atoms with Crippen LogP contribution in [0.15, 0.2) is 72.8 Å². The Balaban J connectivity index is 1.52. The van der Waals surface area contributed by atoms with Gasteiger partial charge in [-0.15, -0.1) is 5.10 Å². The molecule has 148 valence electrons. The fourth-order valence-corrected chi connectivity index (χ4v) is 4.58. The number of hydrogen-bond donors (Lipinski definition) is 0. The third-order valence-electron chi connectivity index (χ3n) is 4.78. The molecule has 5 aromatic rings. The molecule has 6 nitrogen and oxygen atoms in total. The van der Waals surface area contributed by atoms with Crippen molar-refractivity contribution in [2.24, 2.45) is 0 Å². The van der Waals surface area contributed by atoms with E-state index < -0.39 is 0 Å². The van der Waals surface area contributed by atoms with Crippen molar-refractivity contribution in [3.63, 3.8) is 0 Å². The minimum Gasteiger partial charge on any atom is -0.282 e. The van der Waals surface area contributed by atoms with Crippen molar-refractivity contribution in [2.45, 2.75) is 13.1 Å². The van der Waals surface area contributed by atoms with Crippen LogP contribution >= 0.6 is 22.9 Å². The molecule has 0 radical (unpaired) electrons. The largest absolute Gasteiger partial charge is 0.282 e. The molecule has 0 aliphatic heterocycles. The van der Waals surface area contributed by atoms with Crippen LogP contribution in [0.4, 0.5) is 5.13 Å². The summed E-state index contributed by atoms with van der Waals surface area (Å²) in [6, 6.07) is 23.1. The minimum absolute atomic E-state index is 0.0665. The second kappa shape index (κ2) is 7.85. The summed E-state index contributed by atoms with van der Waals surface area (Å²) in [5, 5.41) is 9.48. The number of aromatic nitrogens is 4. The van der Waals surface area contributed by atoms with Crippen molar-refractivity contribution in [2.75, 3.05) is 4.90 Å². The molecule has 5 rings (SSSR count). The fourth-order valence-electron chi connectivity index (χ4n) is 3.29. The van der Waals surface area contributed by atoms with E-state index >= 15 is 0 Å². The maximum absolute atomic E-state index is 13.4. The maximum atomic E-state index is 13.4. The van der Waals surface area contributed by atoms with Gasteiger partial charge in [-0.3, -0.25) is 9.69 Å². The lowest BCUT2D eigenvalue weighted by atomic mass is 10.2. The van der Waals surface area contributed by atoms with Crippen LogP contribution in [-0.2, 0) is 17.9 Å². The molecule has 30 heavy (non-hydrogen) atoms. The molecule has 0 atom stereocenters. The van der Waals surface area contributed by atoms with Gasteiger partial charge in [0.25, 0.3) is 5.91 Å². The summed E-state index contributed by atoms with van der Waals surface area (Å²) in [5.74, 6) is -0.121. The Morgan fingerprint density at radius 1 is 1.00 bits per heavy atom. The zero-order chi connectivity index (χ0) is 20.5. The van der Waals surface area contributed by atoms with Crippen LogP contribution in [0, 0.1) is 0 Å². The lowest BCUT2D eigenvalue weighted by Crippen LogP contribution is -2.33. The second-order valence-electron chi connectivity index (χ2n) is 6.78. The summed E-state index contributed by atoms with van der Waals surface area (Å²) in [4.78, 5) is 19.7. The highest BCUT2D eigenvalue weighted by Gasteiger charge is 2.22. The number of benzene rings is 3. The predicted molar refractivity (Wildman–Crippen MR) is 120 cm³/mol. The zero-order valence-corrected chi connectivity index (χ0v) is 17.3. The Morgan fingerprint density at radius 3 is 2.63 bits per heavy atom. The number of carbonyl (C=O) groups excluding carboxylic acids is 1. The summed E-state index contributed by atoms with van der Waals surface area (Å²) in [6.07, 6.45) is 0. The first-order chi connectivity index (χ1) is 14.7. The number of amides is 1. The molecule has 3 aromatic carbocycles. The maximum Gasteiger partial charge on any atom is 0.250 e. The molecule has 0 N–H and O–H groups in total. The van der Waals surface area contributed by atoms with Gasteiger partial charge in [-0.05, 0) is 29.8 Å². The Morgan fingerprint density at radius 2 is 1.80 bits per heavy atom. The summed E-state index contributed by atoms with van der Waals surface area (Å²) < 4.78 is 2.56. The molecule has 0 saturated carbocycles. The molecule has 2 heterocycles. The fraction of sp³-hybridized carbons (Fsp3) is 0.0909. The number of rotatable bonds is 5. The van der Waals surface area contributed by atoms with E-state index in [0.29, 0.717) is 22.2 Å². The standard InChI is InChI=1S/C22H16ClN5OS/c23-16-9-6-12-19-21(16)24-22(30-19)27(13-15-7-2-1-3-8-15)20(29)14-28-18-11-5-4-10-17(18)25-26-28/h1-12H,13-14H2. The number of para-hydroxylation sites is 2. The molecule has 0 saturated heterocycles. The summed E-state index contributed by atoms with van der Waals surface area (Å²) in [7, 11) is 0. The highest BCUT2D eigenvalue weighted by Crippen LogP contribution is 2.33. The van der Waals surface area contributed by atoms with Crippen molar-refractivity contribution < 1.29 is 4.79 Å². The van der Waals surface area contributed by atoms with E-state index in [4.69, 9.17) is 11.6 Å². The van der Waals surface area contributed by atoms with Crippen molar-refractivity contribution >= 4 is 55.2 Å². The molecule has 8 heteroatoms. The molecular weight excluding hydrogens is 418 g/mol. The normalized spacial score (nSPS) is 11.2. The molecule has 0 unspecified atom stereocenters. The Kier molecular flexibility index (Phi) is 4.90. The van der Waals surface area contributed by atoms with Gasteiger partial charge in [-0.1, -0.05) is 76.7 Å².